The summed E-state index contributed by atoms with van der Waals surface area (Å²) in [5.41, 5.74) is -1.35. The summed E-state index contributed by atoms with van der Waals surface area (Å²) in [7, 11) is 0. The van der Waals surface area contributed by atoms with Crippen LogP contribution in [-0.2, 0) is 18.9 Å². The Balaban J connectivity index is 1.52. The van der Waals surface area contributed by atoms with Crippen molar-refractivity contribution in [1.29, 1.82) is 0 Å². The highest BCUT2D eigenvalue weighted by Crippen LogP contribution is 2.36. The molecule has 5 nitrogen and oxygen atoms in total. The second kappa shape index (κ2) is 8.18. The topological polar surface area (TPSA) is 59.8 Å². The molecule has 0 saturated carbocycles. The molecule has 4 rings (SSSR count). The Morgan fingerprint density at radius 3 is 2.33 bits per heavy atom. The van der Waals surface area contributed by atoms with Gasteiger partial charge in [-0.25, -0.2) is 9.67 Å². The van der Waals surface area contributed by atoms with Crippen LogP contribution in [0, 0.1) is 6.92 Å². The Hall–Kier alpha value is -3.41. The van der Waals surface area contributed by atoms with E-state index >= 15 is 0 Å². The third-order valence-corrected chi connectivity index (χ3v) is 5.70. The van der Waals surface area contributed by atoms with Gasteiger partial charge in [-0.1, -0.05) is 17.4 Å². The monoisotopic (exact) mass is 484 g/mol. The Morgan fingerprint density at radius 2 is 1.70 bits per heavy atom. The number of thiazole rings is 1. The minimum absolute atomic E-state index is 0.0366. The van der Waals surface area contributed by atoms with Crippen molar-refractivity contribution in [3.05, 3.63) is 76.6 Å². The van der Waals surface area contributed by atoms with Crippen molar-refractivity contribution < 1.29 is 31.1 Å². The quantitative estimate of drug-likeness (QED) is 0.375. The fourth-order valence-corrected chi connectivity index (χ4v) is 3.95. The maximum Gasteiger partial charge on any atom is 0.416 e. The summed E-state index contributed by atoms with van der Waals surface area (Å²) in [6, 6.07) is 6.92. The molecule has 1 amide bonds. The third kappa shape index (κ3) is 5.00. The number of alkyl halides is 6. The molecule has 1 N–H and O–H groups in total. The number of hydrogen-bond donors (Lipinski definition) is 1. The number of carbonyl (C=O) groups is 1. The van der Waals surface area contributed by atoms with Crippen molar-refractivity contribution in [2.45, 2.75) is 25.8 Å². The lowest BCUT2D eigenvalue weighted by Crippen LogP contribution is -2.23. The second-order valence-electron chi connectivity index (χ2n) is 7.24. The molecule has 0 aliphatic heterocycles. The fourth-order valence-electron chi connectivity index (χ4n) is 3.07. The Labute approximate surface area is 186 Å². The molecule has 0 aliphatic rings. The summed E-state index contributed by atoms with van der Waals surface area (Å²) in [6.45, 7) is 1.40. The van der Waals surface area contributed by atoms with Crippen molar-refractivity contribution in [3.8, 4) is 5.13 Å². The SMILES string of the molecule is Cc1ccc2sc(-n3cc(C(=O)NCc4cc(C(F)(F)F)cc(C(F)(F)F)c4)cn3)nc2c1. The van der Waals surface area contributed by atoms with Crippen LogP contribution in [0.5, 0.6) is 0 Å². The number of rotatable bonds is 4. The number of amides is 1. The first kappa shape index (κ1) is 22.8. The van der Waals surface area contributed by atoms with E-state index < -0.39 is 35.9 Å². The van der Waals surface area contributed by atoms with Gasteiger partial charge < -0.3 is 5.32 Å². The van der Waals surface area contributed by atoms with Gasteiger partial charge >= 0.3 is 12.4 Å². The van der Waals surface area contributed by atoms with E-state index in [1.165, 1.54) is 28.4 Å². The van der Waals surface area contributed by atoms with Crippen molar-refractivity contribution in [1.82, 2.24) is 20.1 Å². The average molecular weight is 484 g/mol. The van der Waals surface area contributed by atoms with Crippen LogP contribution < -0.4 is 5.32 Å². The Kier molecular flexibility index (Phi) is 5.64. The van der Waals surface area contributed by atoms with E-state index in [1.807, 2.05) is 25.1 Å². The molecular formula is C21H14F6N4OS. The van der Waals surface area contributed by atoms with Gasteiger partial charge in [0.15, 0.2) is 0 Å². The van der Waals surface area contributed by atoms with Crippen LogP contribution in [0.4, 0.5) is 26.3 Å². The fraction of sp³-hybridized carbons (Fsp3) is 0.190. The standard InChI is InChI=1S/C21H14F6N4OS/c1-11-2-3-17-16(4-11)30-19(33-17)31-10-13(9-29-31)18(32)28-8-12-5-14(20(22,23)24)7-15(6-12)21(25,26)27/h2-7,9-10H,8H2,1H3,(H,28,32). The van der Waals surface area contributed by atoms with Gasteiger partial charge in [0, 0.05) is 12.7 Å². The zero-order valence-corrected chi connectivity index (χ0v) is 17.6. The number of aromatic nitrogens is 3. The molecule has 0 radical (unpaired) electrons. The Morgan fingerprint density at radius 1 is 1.03 bits per heavy atom. The van der Waals surface area contributed by atoms with Crippen LogP contribution in [0.25, 0.3) is 15.3 Å². The van der Waals surface area contributed by atoms with E-state index in [0.29, 0.717) is 17.3 Å². The molecule has 2 aromatic carbocycles. The smallest absolute Gasteiger partial charge is 0.348 e. The minimum Gasteiger partial charge on any atom is -0.348 e. The summed E-state index contributed by atoms with van der Waals surface area (Å²) < 4.78 is 80.2. The molecule has 0 bridgehead atoms. The van der Waals surface area contributed by atoms with Crippen LogP contribution in [0.1, 0.15) is 32.6 Å². The van der Waals surface area contributed by atoms with Crippen LogP contribution in [0.15, 0.2) is 48.8 Å². The molecule has 0 unspecified atom stereocenters. The van der Waals surface area contributed by atoms with Gasteiger partial charge in [0.2, 0.25) is 5.13 Å². The molecule has 172 valence electrons. The summed E-state index contributed by atoms with van der Waals surface area (Å²) >= 11 is 1.35. The zero-order valence-electron chi connectivity index (χ0n) is 16.8. The van der Waals surface area contributed by atoms with Crippen molar-refractivity contribution in [2.24, 2.45) is 0 Å². The van der Waals surface area contributed by atoms with E-state index in [-0.39, 0.29) is 17.2 Å². The van der Waals surface area contributed by atoms with Gasteiger partial charge in [0.25, 0.3) is 5.91 Å². The van der Waals surface area contributed by atoms with Gasteiger partial charge in [0.05, 0.1) is 33.1 Å². The van der Waals surface area contributed by atoms with E-state index in [1.54, 1.807) is 0 Å². The van der Waals surface area contributed by atoms with Crippen molar-refractivity contribution in [3.63, 3.8) is 0 Å². The number of fused-ring (bicyclic) bond motifs is 1. The van der Waals surface area contributed by atoms with Gasteiger partial charge in [-0.05, 0) is 48.4 Å². The highest BCUT2D eigenvalue weighted by Gasteiger charge is 2.36. The maximum atomic E-state index is 13.0. The predicted molar refractivity (Wildman–Crippen MR) is 109 cm³/mol. The van der Waals surface area contributed by atoms with E-state index in [0.717, 1.165) is 15.8 Å². The largest absolute Gasteiger partial charge is 0.416 e. The molecule has 0 spiro atoms. The normalized spacial score (nSPS) is 12.3. The van der Waals surface area contributed by atoms with E-state index in [4.69, 9.17) is 0 Å². The molecule has 0 fully saturated rings. The molecule has 2 aromatic heterocycles. The molecule has 0 saturated heterocycles. The van der Waals surface area contributed by atoms with Crippen LogP contribution in [0.2, 0.25) is 0 Å². The highest BCUT2D eigenvalue weighted by atomic mass is 32.1. The van der Waals surface area contributed by atoms with Crippen LogP contribution in [0.3, 0.4) is 0 Å². The number of hydrogen-bond acceptors (Lipinski definition) is 4. The van der Waals surface area contributed by atoms with Crippen molar-refractivity contribution in [2.75, 3.05) is 0 Å². The number of nitrogens with zero attached hydrogens (tertiary/aromatic N) is 3. The number of carbonyl (C=O) groups excluding carboxylic acids is 1. The lowest BCUT2D eigenvalue weighted by molar-refractivity contribution is -0.143. The predicted octanol–water partition coefficient (Wildman–Crippen LogP) is 5.76. The average Bonchev–Trinajstić information content (AvgIpc) is 3.37. The van der Waals surface area contributed by atoms with Crippen LogP contribution >= 0.6 is 11.3 Å². The summed E-state index contributed by atoms with van der Waals surface area (Å²) in [5.74, 6) is -0.704. The van der Waals surface area contributed by atoms with Gasteiger partial charge in [0.1, 0.15) is 0 Å². The Bertz CT molecular complexity index is 1310. The molecule has 0 atom stereocenters. The number of aryl methyl sites for hydroxylation is 1. The van der Waals surface area contributed by atoms with Crippen molar-refractivity contribution >= 4 is 27.5 Å². The summed E-state index contributed by atoms with van der Waals surface area (Å²) in [4.78, 5) is 16.9. The molecular weight excluding hydrogens is 470 g/mol. The van der Waals surface area contributed by atoms with Gasteiger partial charge in [-0.2, -0.15) is 31.4 Å². The minimum atomic E-state index is -4.96. The molecule has 12 heteroatoms. The lowest BCUT2D eigenvalue weighted by Gasteiger charge is -2.14. The number of benzene rings is 2. The second-order valence-corrected chi connectivity index (χ2v) is 8.25. The first-order chi connectivity index (χ1) is 15.4. The zero-order chi connectivity index (χ0) is 24.0. The molecule has 2 heterocycles. The highest BCUT2D eigenvalue weighted by molar-refractivity contribution is 7.20. The van der Waals surface area contributed by atoms with Gasteiger partial charge in [-0.3, -0.25) is 4.79 Å². The third-order valence-electron chi connectivity index (χ3n) is 4.67. The van der Waals surface area contributed by atoms with E-state index in [9.17, 15) is 31.1 Å². The summed E-state index contributed by atoms with van der Waals surface area (Å²) in [5, 5.41) is 6.91. The van der Waals surface area contributed by atoms with E-state index in [2.05, 4.69) is 15.4 Å². The number of halogens is 6. The number of nitrogens with one attached hydrogen (secondary N) is 1. The van der Waals surface area contributed by atoms with Gasteiger partial charge in [-0.15, -0.1) is 0 Å². The lowest BCUT2D eigenvalue weighted by atomic mass is 10.0. The summed E-state index contributed by atoms with van der Waals surface area (Å²) in [6.07, 6.45) is -7.30. The first-order valence-corrected chi connectivity index (χ1v) is 10.2. The molecule has 0 aliphatic carbocycles. The maximum absolute atomic E-state index is 13.0. The molecule has 4 aromatic rings. The molecule has 33 heavy (non-hydrogen) atoms. The first-order valence-electron chi connectivity index (χ1n) is 9.39. The van der Waals surface area contributed by atoms with Crippen LogP contribution in [-0.4, -0.2) is 20.7 Å².